The molecule has 0 saturated carbocycles. The van der Waals surface area contributed by atoms with Crippen molar-refractivity contribution in [2.75, 3.05) is 0 Å². The summed E-state index contributed by atoms with van der Waals surface area (Å²) in [6.07, 6.45) is 0. The lowest BCUT2D eigenvalue weighted by atomic mass is 10.0. The lowest BCUT2D eigenvalue weighted by Crippen LogP contribution is -2.03. The highest BCUT2D eigenvalue weighted by Crippen LogP contribution is 2.47. The van der Waals surface area contributed by atoms with E-state index in [1.807, 2.05) is 0 Å². The van der Waals surface area contributed by atoms with Crippen LogP contribution in [0.25, 0.3) is 108 Å². The topological polar surface area (TPSA) is 35.1 Å². The SMILES string of the molecule is c1ccc(-c2nc(-n3c4ccccc4c4cc5c6ccccc6n6c7cc8ccccc8cc7c(c43)c56)nc3c2sc2ccccc23)cc1. The Morgan fingerprint density at radius 2 is 1.12 bits per heavy atom. The predicted octanol–water partition coefficient (Wildman–Crippen LogP) is 11.9. The maximum atomic E-state index is 5.49. The van der Waals surface area contributed by atoms with Crippen molar-refractivity contribution in [1.29, 1.82) is 0 Å². The Labute approximate surface area is 283 Å². The van der Waals surface area contributed by atoms with Crippen molar-refractivity contribution >= 4 is 102 Å². The zero-order valence-electron chi connectivity index (χ0n) is 26.1. The molecule has 0 radical (unpaired) electrons. The van der Waals surface area contributed by atoms with Crippen LogP contribution in [0.2, 0.25) is 0 Å². The minimum absolute atomic E-state index is 0.689. The molecule has 0 N–H and O–H groups in total. The molecule has 0 aliphatic heterocycles. The molecule has 0 aliphatic rings. The van der Waals surface area contributed by atoms with Crippen molar-refractivity contribution in [3.8, 4) is 17.2 Å². The average molecular weight is 641 g/mol. The summed E-state index contributed by atoms with van der Waals surface area (Å²) >= 11 is 1.77. The van der Waals surface area contributed by atoms with Gasteiger partial charge in [0, 0.05) is 48.0 Å². The Morgan fingerprint density at radius 1 is 0.469 bits per heavy atom. The van der Waals surface area contributed by atoms with E-state index in [1.54, 1.807) is 11.3 Å². The quantitative estimate of drug-likeness (QED) is 0.188. The smallest absolute Gasteiger partial charge is 0.235 e. The number of fused-ring (bicyclic) bond motifs is 14. The van der Waals surface area contributed by atoms with Crippen LogP contribution in [-0.4, -0.2) is 18.9 Å². The first-order valence-corrected chi connectivity index (χ1v) is 17.4. The number of rotatable bonds is 2. The van der Waals surface area contributed by atoms with Gasteiger partial charge in [0.15, 0.2) is 0 Å². The van der Waals surface area contributed by atoms with Crippen molar-refractivity contribution in [2.24, 2.45) is 0 Å². The fourth-order valence-corrected chi connectivity index (χ4v) is 9.52. The minimum atomic E-state index is 0.689. The van der Waals surface area contributed by atoms with Gasteiger partial charge in [0.25, 0.3) is 0 Å². The fourth-order valence-electron chi connectivity index (χ4n) is 8.37. The lowest BCUT2D eigenvalue weighted by molar-refractivity contribution is 1.02. The molecule has 0 amide bonds. The van der Waals surface area contributed by atoms with Gasteiger partial charge in [-0.25, -0.2) is 9.97 Å². The molecule has 0 atom stereocenters. The molecule has 0 spiro atoms. The third-order valence-corrected chi connectivity index (χ3v) is 11.6. The van der Waals surface area contributed by atoms with Gasteiger partial charge in [-0.3, -0.25) is 4.57 Å². The first-order chi connectivity index (χ1) is 24.3. The average Bonchev–Trinajstić information content (AvgIpc) is 3.89. The number of thiophene rings is 1. The number of aromatic nitrogens is 4. The van der Waals surface area contributed by atoms with Crippen molar-refractivity contribution < 1.29 is 0 Å². The molecule has 0 bridgehead atoms. The molecule has 12 rings (SSSR count). The van der Waals surface area contributed by atoms with E-state index in [4.69, 9.17) is 9.97 Å². The van der Waals surface area contributed by atoms with E-state index in [9.17, 15) is 0 Å². The van der Waals surface area contributed by atoms with Gasteiger partial charge >= 0.3 is 0 Å². The van der Waals surface area contributed by atoms with E-state index in [2.05, 4.69) is 155 Å². The lowest BCUT2D eigenvalue weighted by Gasteiger charge is -2.11. The minimum Gasteiger partial charge on any atom is -0.308 e. The molecule has 0 aliphatic carbocycles. The van der Waals surface area contributed by atoms with Crippen LogP contribution < -0.4 is 0 Å². The van der Waals surface area contributed by atoms with Gasteiger partial charge in [0.2, 0.25) is 5.95 Å². The van der Waals surface area contributed by atoms with Crippen LogP contribution in [0, 0.1) is 0 Å². The van der Waals surface area contributed by atoms with Gasteiger partial charge in [-0.05, 0) is 47.2 Å². The van der Waals surface area contributed by atoms with Crippen LogP contribution in [0.4, 0.5) is 0 Å². The molecule has 5 heteroatoms. The molecule has 0 unspecified atom stereocenters. The molecule has 7 aromatic carbocycles. The predicted molar refractivity (Wildman–Crippen MR) is 207 cm³/mol. The normalized spacial score (nSPS) is 12.5. The summed E-state index contributed by atoms with van der Waals surface area (Å²) in [5, 5.41) is 11.1. The first-order valence-electron chi connectivity index (χ1n) is 16.6. The number of hydrogen-bond acceptors (Lipinski definition) is 3. The van der Waals surface area contributed by atoms with Gasteiger partial charge in [-0.2, -0.15) is 0 Å². The fraction of sp³-hybridized carbons (Fsp3) is 0. The maximum Gasteiger partial charge on any atom is 0.235 e. The van der Waals surface area contributed by atoms with Gasteiger partial charge < -0.3 is 4.40 Å². The molecule has 0 fully saturated rings. The maximum absolute atomic E-state index is 5.49. The summed E-state index contributed by atoms with van der Waals surface area (Å²) in [6, 6.07) is 52.6. The second kappa shape index (κ2) is 9.19. The Hall–Kier alpha value is -6.30. The molecule has 5 heterocycles. The highest BCUT2D eigenvalue weighted by molar-refractivity contribution is 7.26. The molecular formula is C44H24N4S. The summed E-state index contributed by atoms with van der Waals surface area (Å²) in [5.74, 6) is 0.689. The third-order valence-electron chi connectivity index (χ3n) is 10.4. The largest absolute Gasteiger partial charge is 0.308 e. The highest BCUT2D eigenvalue weighted by atomic mass is 32.1. The zero-order chi connectivity index (χ0) is 31.8. The van der Waals surface area contributed by atoms with Crippen molar-refractivity contribution in [3.05, 3.63) is 146 Å². The molecule has 226 valence electrons. The Kier molecular flexibility index (Phi) is 4.83. The van der Waals surface area contributed by atoms with Crippen LogP contribution in [0.5, 0.6) is 0 Å². The van der Waals surface area contributed by atoms with Crippen LogP contribution >= 0.6 is 11.3 Å². The van der Waals surface area contributed by atoms with Crippen molar-refractivity contribution in [2.45, 2.75) is 0 Å². The molecule has 12 aromatic rings. The molecule has 5 aromatic heterocycles. The number of nitrogens with zero attached hydrogens (tertiary/aromatic N) is 4. The van der Waals surface area contributed by atoms with E-state index in [-0.39, 0.29) is 0 Å². The van der Waals surface area contributed by atoms with Gasteiger partial charge in [-0.15, -0.1) is 11.3 Å². The van der Waals surface area contributed by atoms with Gasteiger partial charge in [-0.1, -0.05) is 109 Å². The highest BCUT2D eigenvalue weighted by Gasteiger charge is 2.26. The Bertz CT molecular complexity index is 3330. The number of para-hydroxylation sites is 2. The summed E-state index contributed by atoms with van der Waals surface area (Å²) in [5.41, 5.74) is 8.98. The van der Waals surface area contributed by atoms with E-state index < -0.39 is 0 Å². The van der Waals surface area contributed by atoms with Crippen LogP contribution in [0.1, 0.15) is 0 Å². The Balaban J connectivity index is 1.34. The Morgan fingerprint density at radius 3 is 1.96 bits per heavy atom. The van der Waals surface area contributed by atoms with E-state index in [0.717, 1.165) is 37.9 Å². The van der Waals surface area contributed by atoms with Gasteiger partial charge in [0.05, 0.1) is 43.5 Å². The number of benzene rings is 7. The zero-order valence-corrected chi connectivity index (χ0v) is 26.9. The third kappa shape index (κ3) is 3.27. The van der Waals surface area contributed by atoms with E-state index >= 15 is 0 Å². The second-order valence-corrected chi connectivity index (χ2v) is 14.0. The summed E-state index contributed by atoms with van der Waals surface area (Å²) in [4.78, 5) is 11.0. The standard InChI is InChI=1S/C44H24N4S/c1-2-12-25(13-3-1)39-43-40(30-18-8-11-21-37(30)49-43)46-44(45-39)48-35-20-10-7-17-29(35)32-24-31-28-16-6-9-19-34(28)47-36-23-27-15-5-4-14-26(27)22-33(36)38(41(31)47)42(32)48/h1-24H. The molecule has 49 heavy (non-hydrogen) atoms. The molecule has 4 nitrogen and oxygen atoms in total. The van der Waals surface area contributed by atoms with Crippen molar-refractivity contribution in [3.63, 3.8) is 0 Å². The summed E-state index contributed by atoms with van der Waals surface area (Å²) in [6.45, 7) is 0. The van der Waals surface area contributed by atoms with Crippen LogP contribution in [0.15, 0.2) is 146 Å². The van der Waals surface area contributed by atoms with Gasteiger partial charge in [0.1, 0.15) is 0 Å². The second-order valence-electron chi connectivity index (χ2n) is 13.0. The summed E-state index contributed by atoms with van der Waals surface area (Å²) in [7, 11) is 0. The number of hydrogen-bond donors (Lipinski definition) is 0. The van der Waals surface area contributed by atoms with Crippen molar-refractivity contribution in [1.82, 2.24) is 18.9 Å². The monoisotopic (exact) mass is 640 g/mol. The first kappa shape index (κ1) is 25.7. The van der Waals surface area contributed by atoms with Crippen LogP contribution in [0.3, 0.4) is 0 Å². The molecular weight excluding hydrogens is 617 g/mol. The van der Waals surface area contributed by atoms with E-state index in [0.29, 0.717) is 5.95 Å². The summed E-state index contributed by atoms with van der Waals surface area (Å²) < 4.78 is 7.15. The molecule has 0 saturated heterocycles. The van der Waals surface area contributed by atoms with Crippen LogP contribution in [-0.2, 0) is 0 Å². The van der Waals surface area contributed by atoms with E-state index in [1.165, 1.54) is 64.3 Å².